The first kappa shape index (κ1) is 19.4. The molecule has 1 unspecified atom stereocenters. The summed E-state index contributed by atoms with van der Waals surface area (Å²) in [4.78, 5) is 23.9. The molecule has 0 saturated carbocycles. The maximum Gasteiger partial charge on any atom is 0.253 e. The number of hydrogen-bond acceptors (Lipinski definition) is 3. The normalized spacial score (nSPS) is 11.5. The first-order valence-corrected chi connectivity index (χ1v) is 6.85. The average molecular weight is 314 g/mol. The number of benzene rings is 1. The highest BCUT2D eigenvalue weighted by Crippen LogP contribution is 2.15. The number of nitrogens with one attached hydrogen (secondary N) is 2. The third-order valence-corrected chi connectivity index (χ3v) is 2.69. The Hall–Kier alpha value is -1.59. The fraction of sp³-hybridized carbons (Fsp3) is 0.467. The van der Waals surface area contributed by atoms with Gasteiger partial charge in [0.2, 0.25) is 5.91 Å². The van der Waals surface area contributed by atoms with Crippen LogP contribution in [0.5, 0.6) is 0 Å². The van der Waals surface area contributed by atoms with Crippen LogP contribution >= 0.6 is 12.4 Å². The van der Waals surface area contributed by atoms with Crippen LogP contribution in [-0.2, 0) is 4.79 Å². The minimum atomic E-state index is -0.192. The molecule has 21 heavy (non-hydrogen) atoms. The SMILES string of the molecule is CC(N)CCC(=O)Nc1ccccc1C(=O)NC(C)C.Cl. The Morgan fingerprint density at radius 3 is 2.38 bits per heavy atom. The Morgan fingerprint density at radius 2 is 1.81 bits per heavy atom. The zero-order valence-corrected chi connectivity index (χ0v) is 13.5. The van der Waals surface area contributed by atoms with Gasteiger partial charge < -0.3 is 16.4 Å². The maximum absolute atomic E-state index is 12.0. The van der Waals surface area contributed by atoms with Crippen LogP contribution in [0.25, 0.3) is 0 Å². The Balaban J connectivity index is 0.00000400. The molecule has 1 aromatic rings. The number of carbonyl (C=O) groups is 2. The topological polar surface area (TPSA) is 84.2 Å². The van der Waals surface area contributed by atoms with Gasteiger partial charge in [-0.25, -0.2) is 0 Å². The second-order valence-corrected chi connectivity index (χ2v) is 5.24. The summed E-state index contributed by atoms with van der Waals surface area (Å²) in [5.74, 6) is -0.324. The minimum Gasteiger partial charge on any atom is -0.350 e. The van der Waals surface area contributed by atoms with E-state index >= 15 is 0 Å². The Bertz CT molecular complexity index is 476. The number of hydrogen-bond donors (Lipinski definition) is 3. The van der Waals surface area contributed by atoms with E-state index in [0.717, 1.165) is 0 Å². The van der Waals surface area contributed by atoms with E-state index in [-0.39, 0.29) is 36.3 Å². The molecular formula is C15H24ClN3O2. The summed E-state index contributed by atoms with van der Waals surface area (Å²) < 4.78 is 0. The standard InChI is InChI=1S/C15H23N3O2.ClH/c1-10(2)17-15(20)12-6-4-5-7-13(12)18-14(19)9-8-11(3)16;/h4-7,10-11H,8-9,16H2,1-3H3,(H,17,20)(H,18,19);1H. The number of carbonyl (C=O) groups excluding carboxylic acids is 2. The van der Waals surface area contributed by atoms with Gasteiger partial charge in [0.15, 0.2) is 0 Å². The van der Waals surface area contributed by atoms with E-state index in [1.807, 2.05) is 20.8 Å². The number of anilines is 1. The van der Waals surface area contributed by atoms with Crippen LogP contribution in [0, 0.1) is 0 Å². The van der Waals surface area contributed by atoms with Crippen LogP contribution in [0.4, 0.5) is 5.69 Å². The molecule has 0 aromatic heterocycles. The van der Waals surface area contributed by atoms with Gasteiger partial charge in [-0.2, -0.15) is 0 Å². The molecule has 2 amide bonds. The zero-order valence-electron chi connectivity index (χ0n) is 12.7. The van der Waals surface area contributed by atoms with E-state index in [1.54, 1.807) is 24.3 Å². The van der Waals surface area contributed by atoms with Crippen molar-refractivity contribution in [3.05, 3.63) is 29.8 Å². The lowest BCUT2D eigenvalue weighted by Gasteiger charge is -2.13. The number of rotatable bonds is 6. The minimum absolute atomic E-state index is 0. The molecule has 0 aliphatic rings. The predicted molar refractivity (Wildman–Crippen MR) is 87.8 cm³/mol. The third-order valence-electron chi connectivity index (χ3n) is 2.69. The first-order chi connectivity index (χ1) is 9.40. The smallest absolute Gasteiger partial charge is 0.253 e. The lowest BCUT2D eigenvalue weighted by Crippen LogP contribution is -2.31. The predicted octanol–water partition coefficient (Wildman–Crippen LogP) is 2.31. The summed E-state index contributed by atoms with van der Waals surface area (Å²) >= 11 is 0. The van der Waals surface area contributed by atoms with Crippen molar-refractivity contribution in [3.63, 3.8) is 0 Å². The van der Waals surface area contributed by atoms with E-state index in [1.165, 1.54) is 0 Å². The third kappa shape index (κ3) is 7.11. The van der Waals surface area contributed by atoms with Crippen LogP contribution in [0.15, 0.2) is 24.3 Å². The molecule has 1 atom stereocenters. The monoisotopic (exact) mass is 313 g/mol. The van der Waals surface area contributed by atoms with Gasteiger partial charge in [0.1, 0.15) is 0 Å². The second-order valence-electron chi connectivity index (χ2n) is 5.24. The molecule has 0 radical (unpaired) electrons. The quantitative estimate of drug-likeness (QED) is 0.753. The highest BCUT2D eigenvalue weighted by Gasteiger charge is 2.13. The van der Waals surface area contributed by atoms with Crippen LogP contribution in [0.2, 0.25) is 0 Å². The van der Waals surface area contributed by atoms with E-state index in [4.69, 9.17) is 5.73 Å². The number of para-hydroxylation sites is 1. The fourth-order valence-electron chi connectivity index (χ4n) is 1.70. The molecule has 0 aliphatic heterocycles. The Morgan fingerprint density at radius 1 is 1.19 bits per heavy atom. The average Bonchev–Trinajstić information content (AvgIpc) is 2.36. The Labute approximate surface area is 132 Å². The van der Waals surface area contributed by atoms with Crippen molar-refractivity contribution in [2.45, 2.75) is 45.7 Å². The summed E-state index contributed by atoms with van der Waals surface area (Å²) in [5, 5.41) is 5.58. The molecule has 1 rings (SSSR count). The molecule has 0 heterocycles. The van der Waals surface area contributed by atoms with E-state index in [2.05, 4.69) is 10.6 Å². The lowest BCUT2D eigenvalue weighted by molar-refractivity contribution is -0.116. The van der Waals surface area contributed by atoms with Crippen LogP contribution in [-0.4, -0.2) is 23.9 Å². The summed E-state index contributed by atoms with van der Waals surface area (Å²) in [6, 6.07) is 7.00. The molecule has 1 aromatic carbocycles. The molecule has 0 bridgehead atoms. The van der Waals surface area contributed by atoms with Gasteiger partial charge in [-0.1, -0.05) is 12.1 Å². The molecular weight excluding hydrogens is 290 g/mol. The maximum atomic E-state index is 12.0. The highest BCUT2D eigenvalue weighted by atomic mass is 35.5. The number of halogens is 1. The summed E-state index contributed by atoms with van der Waals surface area (Å²) in [6.07, 6.45) is 0.962. The fourth-order valence-corrected chi connectivity index (χ4v) is 1.70. The molecule has 0 fully saturated rings. The van der Waals surface area contributed by atoms with Crippen molar-refractivity contribution in [1.29, 1.82) is 0 Å². The zero-order chi connectivity index (χ0) is 15.1. The highest BCUT2D eigenvalue weighted by molar-refractivity contribution is 6.03. The van der Waals surface area contributed by atoms with Crippen molar-refractivity contribution in [1.82, 2.24) is 5.32 Å². The van der Waals surface area contributed by atoms with Crippen LogP contribution < -0.4 is 16.4 Å². The number of nitrogens with two attached hydrogens (primary N) is 1. The molecule has 5 nitrogen and oxygen atoms in total. The summed E-state index contributed by atoms with van der Waals surface area (Å²) in [6.45, 7) is 5.64. The lowest BCUT2D eigenvalue weighted by atomic mass is 10.1. The molecule has 0 spiro atoms. The van der Waals surface area contributed by atoms with E-state index in [0.29, 0.717) is 24.1 Å². The first-order valence-electron chi connectivity index (χ1n) is 6.85. The van der Waals surface area contributed by atoms with Gasteiger partial charge in [-0.15, -0.1) is 12.4 Å². The molecule has 6 heteroatoms. The number of amides is 2. The second kappa shape index (κ2) is 9.37. The summed E-state index contributed by atoms with van der Waals surface area (Å²) in [5.41, 5.74) is 6.62. The van der Waals surface area contributed by atoms with Gasteiger partial charge in [-0.05, 0) is 39.3 Å². The van der Waals surface area contributed by atoms with Crippen molar-refractivity contribution in [2.75, 3.05) is 5.32 Å². The van der Waals surface area contributed by atoms with E-state index in [9.17, 15) is 9.59 Å². The van der Waals surface area contributed by atoms with Gasteiger partial charge in [0, 0.05) is 18.5 Å². The molecule has 0 aliphatic carbocycles. The molecule has 0 saturated heterocycles. The van der Waals surface area contributed by atoms with Crippen molar-refractivity contribution >= 4 is 29.9 Å². The van der Waals surface area contributed by atoms with Crippen molar-refractivity contribution < 1.29 is 9.59 Å². The van der Waals surface area contributed by atoms with Gasteiger partial charge in [0.05, 0.1) is 11.3 Å². The molecule has 118 valence electrons. The van der Waals surface area contributed by atoms with Crippen molar-refractivity contribution in [2.24, 2.45) is 5.73 Å². The summed E-state index contributed by atoms with van der Waals surface area (Å²) in [7, 11) is 0. The van der Waals surface area contributed by atoms with Crippen molar-refractivity contribution in [3.8, 4) is 0 Å². The van der Waals surface area contributed by atoms with Crippen LogP contribution in [0.3, 0.4) is 0 Å². The Kier molecular flexibility index (Phi) is 8.66. The van der Waals surface area contributed by atoms with E-state index < -0.39 is 0 Å². The van der Waals surface area contributed by atoms with Gasteiger partial charge in [0.25, 0.3) is 5.91 Å². The van der Waals surface area contributed by atoms with Gasteiger partial charge in [-0.3, -0.25) is 9.59 Å². The van der Waals surface area contributed by atoms with Gasteiger partial charge >= 0.3 is 0 Å². The van der Waals surface area contributed by atoms with Crippen LogP contribution in [0.1, 0.15) is 44.0 Å². The molecule has 4 N–H and O–H groups in total. The largest absolute Gasteiger partial charge is 0.350 e.